The maximum atomic E-state index is 13.0. The third-order valence-electron chi connectivity index (χ3n) is 3.41. The topological polar surface area (TPSA) is 93.8 Å². The van der Waals surface area contributed by atoms with E-state index in [1.165, 1.54) is 18.5 Å². The van der Waals surface area contributed by atoms with Gasteiger partial charge < -0.3 is 5.11 Å². The van der Waals surface area contributed by atoms with Gasteiger partial charge in [-0.3, -0.25) is 4.79 Å². The quantitative estimate of drug-likeness (QED) is 0.540. The second-order valence-corrected chi connectivity index (χ2v) is 6.27. The molecule has 1 atom stereocenters. The number of benzene rings is 1. The first-order chi connectivity index (χ1) is 11.6. The lowest BCUT2D eigenvalue weighted by atomic mass is 10.2. The van der Waals surface area contributed by atoms with E-state index in [9.17, 15) is 14.3 Å². The Bertz CT molecular complexity index is 868. The molecule has 3 aromatic rings. The zero-order chi connectivity index (χ0) is 17.1. The van der Waals surface area contributed by atoms with E-state index in [4.69, 9.17) is 0 Å². The lowest BCUT2D eigenvalue weighted by Crippen LogP contribution is -2.15. The Labute approximate surface area is 140 Å². The number of hydrogen-bond acceptors (Lipinski definition) is 6. The standard InChI is InChI=1S/C15H14FN5O2S/c1-2-11(15(22)23)24-14-12-13(17-8-18-14)21(20-19-12)7-9-3-5-10(16)6-4-9/h3-6,8,11H,2,7H2,1H3,(H,22,23)/t11-/m0/s1. The molecule has 0 radical (unpaired) electrons. The van der Waals surface area contributed by atoms with Crippen LogP contribution in [0.4, 0.5) is 4.39 Å². The molecule has 0 amide bonds. The van der Waals surface area contributed by atoms with Crippen molar-refractivity contribution in [3.05, 3.63) is 42.0 Å². The van der Waals surface area contributed by atoms with E-state index in [1.807, 2.05) is 0 Å². The van der Waals surface area contributed by atoms with Crippen molar-refractivity contribution in [2.75, 3.05) is 0 Å². The Balaban J connectivity index is 1.91. The van der Waals surface area contributed by atoms with Crippen LogP contribution in [-0.2, 0) is 11.3 Å². The van der Waals surface area contributed by atoms with E-state index < -0.39 is 11.2 Å². The first kappa shape index (κ1) is 16.3. The number of carboxylic acids is 1. The average Bonchev–Trinajstić information content (AvgIpc) is 2.98. The number of fused-ring (bicyclic) bond motifs is 1. The number of hydrogen-bond donors (Lipinski definition) is 1. The molecule has 0 fully saturated rings. The number of carbonyl (C=O) groups is 1. The SMILES string of the molecule is CC[C@H](Sc1ncnc2c1nnn2Cc1ccc(F)cc1)C(=O)O. The van der Waals surface area contributed by atoms with E-state index in [0.717, 1.165) is 17.3 Å². The molecule has 24 heavy (non-hydrogen) atoms. The highest BCUT2D eigenvalue weighted by Gasteiger charge is 2.21. The number of aromatic nitrogens is 5. The van der Waals surface area contributed by atoms with Crippen molar-refractivity contribution in [3.8, 4) is 0 Å². The smallest absolute Gasteiger partial charge is 0.317 e. The normalized spacial score (nSPS) is 12.4. The number of rotatable bonds is 6. The second-order valence-electron chi connectivity index (χ2n) is 5.08. The van der Waals surface area contributed by atoms with Gasteiger partial charge in [-0.2, -0.15) is 0 Å². The molecule has 2 aromatic heterocycles. The van der Waals surface area contributed by atoms with Gasteiger partial charge in [-0.15, -0.1) is 5.10 Å². The largest absolute Gasteiger partial charge is 0.480 e. The van der Waals surface area contributed by atoms with Crippen LogP contribution in [0, 0.1) is 5.82 Å². The lowest BCUT2D eigenvalue weighted by Gasteiger charge is -2.08. The highest BCUT2D eigenvalue weighted by molar-refractivity contribution is 8.00. The molecular formula is C15H14FN5O2S. The van der Waals surface area contributed by atoms with Crippen LogP contribution in [0.15, 0.2) is 35.6 Å². The molecule has 0 unspecified atom stereocenters. The van der Waals surface area contributed by atoms with Gasteiger partial charge in [-0.05, 0) is 24.1 Å². The molecule has 7 nitrogen and oxygen atoms in total. The van der Waals surface area contributed by atoms with Crippen LogP contribution in [0.25, 0.3) is 11.2 Å². The second kappa shape index (κ2) is 6.91. The Morgan fingerprint density at radius 2 is 2.08 bits per heavy atom. The molecule has 2 heterocycles. The Morgan fingerprint density at radius 3 is 2.75 bits per heavy atom. The molecule has 0 aliphatic carbocycles. The molecule has 1 aromatic carbocycles. The molecule has 0 saturated carbocycles. The number of aliphatic carboxylic acids is 1. The summed E-state index contributed by atoms with van der Waals surface area (Å²) < 4.78 is 14.6. The third kappa shape index (κ3) is 3.35. The summed E-state index contributed by atoms with van der Waals surface area (Å²) in [5.41, 5.74) is 1.83. The monoisotopic (exact) mass is 347 g/mol. The number of thioether (sulfide) groups is 1. The van der Waals surface area contributed by atoms with E-state index in [0.29, 0.717) is 29.2 Å². The summed E-state index contributed by atoms with van der Waals surface area (Å²) in [6.07, 6.45) is 1.83. The van der Waals surface area contributed by atoms with Gasteiger partial charge in [-0.25, -0.2) is 19.0 Å². The summed E-state index contributed by atoms with van der Waals surface area (Å²) in [6.45, 7) is 2.18. The number of halogens is 1. The van der Waals surface area contributed by atoms with Crippen molar-refractivity contribution >= 4 is 28.9 Å². The first-order valence-electron chi connectivity index (χ1n) is 7.26. The summed E-state index contributed by atoms with van der Waals surface area (Å²) in [5.74, 6) is -1.20. The van der Waals surface area contributed by atoms with E-state index in [2.05, 4.69) is 20.3 Å². The van der Waals surface area contributed by atoms with Crippen molar-refractivity contribution in [1.82, 2.24) is 25.0 Å². The van der Waals surface area contributed by atoms with Crippen LogP contribution >= 0.6 is 11.8 Å². The zero-order valence-electron chi connectivity index (χ0n) is 12.8. The highest BCUT2D eigenvalue weighted by atomic mass is 32.2. The zero-order valence-corrected chi connectivity index (χ0v) is 13.6. The van der Waals surface area contributed by atoms with E-state index in [1.54, 1.807) is 23.7 Å². The fourth-order valence-corrected chi connectivity index (χ4v) is 3.06. The average molecular weight is 347 g/mol. The molecule has 9 heteroatoms. The summed E-state index contributed by atoms with van der Waals surface area (Å²) >= 11 is 1.13. The van der Waals surface area contributed by atoms with Gasteiger partial charge in [0.2, 0.25) is 0 Å². The molecule has 3 rings (SSSR count). The maximum absolute atomic E-state index is 13.0. The molecule has 1 N–H and O–H groups in total. The van der Waals surface area contributed by atoms with Crippen molar-refractivity contribution in [2.45, 2.75) is 30.2 Å². The van der Waals surface area contributed by atoms with Crippen molar-refractivity contribution < 1.29 is 14.3 Å². The minimum atomic E-state index is -0.895. The van der Waals surface area contributed by atoms with Gasteiger partial charge in [0.05, 0.1) is 6.54 Å². The predicted molar refractivity (Wildman–Crippen MR) is 86.2 cm³/mol. The van der Waals surface area contributed by atoms with Crippen molar-refractivity contribution in [3.63, 3.8) is 0 Å². The third-order valence-corrected chi connectivity index (χ3v) is 4.75. The highest BCUT2D eigenvalue weighted by Crippen LogP contribution is 2.28. The molecule has 0 aliphatic heterocycles. The summed E-state index contributed by atoms with van der Waals surface area (Å²) in [4.78, 5) is 19.5. The lowest BCUT2D eigenvalue weighted by molar-refractivity contribution is -0.136. The summed E-state index contributed by atoms with van der Waals surface area (Å²) in [5, 5.41) is 17.2. The van der Waals surface area contributed by atoms with Gasteiger partial charge in [0.15, 0.2) is 11.2 Å². The first-order valence-corrected chi connectivity index (χ1v) is 8.14. The molecule has 0 saturated heterocycles. The van der Waals surface area contributed by atoms with Crippen molar-refractivity contribution in [1.29, 1.82) is 0 Å². The molecule has 0 bridgehead atoms. The van der Waals surface area contributed by atoms with Crippen LogP contribution in [0.3, 0.4) is 0 Å². The van der Waals surface area contributed by atoms with E-state index >= 15 is 0 Å². The van der Waals surface area contributed by atoms with Crippen LogP contribution in [-0.4, -0.2) is 41.3 Å². The minimum absolute atomic E-state index is 0.303. The Hall–Kier alpha value is -2.55. The summed E-state index contributed by atoms with van der Waals surface area (Å²) in [6, 6.07) is 6.08. The summed E-state index contributed by atoms with van der Waals surface area (Å²) in [7, 11) is 0. The number of nitrogens with zero attached hydrogens (tertiary/aromatic N) is 5. The number of carboxylic acid groups (broad SMARTS) is 1. The Morgan fingerprint density at radius 1 is 1.33 bits per heavy atom. The van der Waals surface area contributed by atoms with Gasteiger partial charge in [0.1, 0.15) is 22.4 Å². The predicted octanol–water partition coefficient (Wildman–Crippen LogP) is 2.36. The van der Waals surface area contributed by atoms with E-state index in [-0.39, 0.29) is 5.82 Å². The van der Waals surface area contributed by atoms with Crippen LogP contribution in [0.1, 0.15) is 18.9 Å². The molecule has 0 aliphatic rings. The fraction of sp³-hybridized carbons (Fsp3) is 0.267. The fourth-order valence-electron chi connectivity index (χ4n) is 2.17. The van der Waals surface area contributed by atoms with Crippen LogP contribution in [0.5, 0.6) is 0 Å². The molecule has 124 valence electrons. The van der Waals surface area contributed by atoms with Gasteiger partial charge in [0.25, 0.3) is 0 Å². The molecular weight excluding hydrogens is 333 g/mol. The van der Waals surface area contributed by atoms with Crippen LogP contribution in [0.2, 0.25) is 0 Å². The van der Waals surface area contributed by atoms with Gasteiger partial charge >= 0.3 is 5.97 Å². The van der Waals surface area contributed by atoms with Gasteiger partial charge in [0, 0.05) is 0 Å². The maximum Gasteiger partial charge on any atom is 0.317 e. The van der Waals surface area contributed by atoms with Crippen LogP contribution < -0.4 is 0 Å². The molecule has 0 spiro atoms. The van der Waals surface area contributed by atoms with Gasteiger partial charge in [-0.1, -0.05) is 36.0 Å². The Kier molecular flexibility index (Phi) is 4.70. The minimum Gasteiger partial charge on any atom is -0.480 e. The van der Waals surface area contributed by atoms with Crippen molar-refractivity contribution in [2.24, 2.45) is 0 Å².